The summed E-state index contributed by atoms with van der Waals surface area (Å²) in [6.45, 7) is 0. The first kappa shape index (κ1) is 12.1. The molecule has 1 saturated carbocycles. The van der Waals surface area contributed by atoms with Crippen LogP contribution in [0, 0.1) is 5.92 Å². The number of hydrogen-bond donors (Lipinski definition) is 0. The van der Waals surface area contributed by atoms with E-state index in [4.69, 9.17) is 23.2 Å². The lowest BCUT2D eigenvalue weighted by Gasteiger charge is -2.34. The molecule has 2 unspecified atom stereocenters. The second-order valence-corrected chi connectivity index (χ2v) is 4.64. The van der Waals surface area contributed by atoms with Crippen LogP contribution in [-0.2, 0) is 4.79 Å². The van der Waals surface area contributed by atoms with E-state index in [0.717, 1.165) is 0 Å². The average molecular weight is 249 g/mol. The minimum absolute atomic E-state index is 0.0299. The molecule has 1 fully saturated rings. The van der Waals surface area contributed by atoms with Gasteiger partial charge < -0.3 is 0 Å². The van der Waals surface area contributed by atoms with E-state index in [-0.39, 0.29) is 19.3 Å². The van der Waals surface area contributed by atoms with Crippen molar-refractivity contribution >= 4 is 28.4 Å². The molecule has 1 aliphatic carbocycles. The standard InChI is InChI=1S/C8H9Cl2F3O/c9-6(14)7(10)3-1-2-5(4-7)8(11,12)13/h5H,1-4H2. The molecule has 1 nitrogen and oxygen atoms in total. The number of carbonyl (C=O) groups excluding carboxylic acids is 1. The summed E-state index contributed by atoms with van der Waals surface area (Å²) in [5.41, 5.74) is 0. The molecule has 0 radical (unpaired) electrons. The quantitative estimate of drug-likeness (QED) is 0.513. The molecule has 2 atom stereocenters. The number of carbonyl (C=O) groups is 1. The summed E-state index contributed by atoms with van der Waals surface area (Å²) in [4.78, 5) is 9.35. The molecular weight excluding hydrogens is 240 g/mol. The van der Waals surface area contributed by atoms with E-state index in [0.29, 0.717) is 0 Å². The first-order valence-corrected chi connectivity index (χ1v) is 4.97. The van der Waals surface area contributed by atoms with E-state index in [2.05, 4.69) is 0 Å². The average Bonchev–Trinajstić information content (AvgIpc) is 2.02. The highest BCUT2D eigenvalue weighted by Gasteiger charge is 2.49. The van der Waals surface area contributed by atoms with Gasteiger partial charge in [-0.05, 0) is 30.9 Å². The molecule has 0 heterocycles. The minimum Gasteiger partial charge on any atom is -0.279 e. The van der Waals surface area contributed by atoms with Crippen LogP contribution in [0.5, 0.6) is 0 Å². The Hall–Kier alpha value is 0.0400. The Balaban J connectivity index is 2.74. The predicted octanol–water partition coefficient (Wildman–Crippen LogP) is 3.48. The Morgan fingerprint density at radius 2 is 2.00 bits per heavy atom. The number of hydrogen-bond acceptors (Lipinski definition) is 1. The van der Waals surface area contributed by atoms with Gasteiger partial charge >= 0.3 is 6.18 Å². The summed E-state index contributed by atoms with van der Waals surface area (Å²) >= 11 is 10.9. The third-order valence-electron chi connectivity index (χ3n) is 2.51. The Kier molecular flexibility index (Phi) is 3.37. The van der Waals surface area contributed by atoms with Crippen molar-refractivity contribution in [1.29, 1.82) is 0 Å². The molecule has 1 aliphatic rings. The van der Waals surface area contributed by atoms with Gasteiger partial charge in [-0.2, -0.15) is 13.2 Å². The van der Waals surface area contributed by atoms with E-state index in [1.807, 2.05) is 0 Å². The van der Waals surface area contributed by atoms with Crippen molar-refractivity contribution in [3.63, 3.8) is 0 Å². The van der Waals surface area contributed by atoms with E-state index in [9.17, 15) is 18.0 Å². The summed E-state index contributed by atoms with van der Waals surface area (Å²) in [5.74, 6) is -1.50. The molecule has 0 spiro atoms. The van der Waals surface area contributed by atoms with Gasteiger partial charge in [0.25, 0.3) is 0 Å². The highest BCUT2D eigenvalue weighted by molar-refractivity contribution is 6.70. The number of rotatable bonds is 1. The predicted molar refractivity (Wildman–Crippen MR) is 47.5 cm³/mol. The van der Waals surface area contributed by atoms with Gasteiger partial charge in [-0.15, -0.1) is 11.6 Å². The molecule has 0 N–H and O–H groups in total. The molecule has 0 aromatic rings. The van der Waals surface area contributed by atoms with E-state index >= 15 is 0 Å². The maximum absolute atomic E-state index is 12.3. The van der Waals surface area contributed by atoms with E-state index < -0.39 is 28.6 Å². The zero-order valence-corrected chi connectivity index (χ0v) is 8.72. The van der Waals surface area contributed by atoms with Crippen LogP contribution in [0.4, 0.5) is 13.2 Å². The maximum Gasteiger partial charge on any atom is 0.391 e. The van der Waals surface area contributed by atoms with Crippen LogP contribution in [0.2, 0.25) is 0 Å². The molecule has 1 rings (SSSR count). The molecule has 0 aliphatic heterocycles. The third-order valence-corrected chi connectivity index (χ3v) is 3.48. The van der Waals surface area contributed by atoms with Gasteiger partial charge in [0.15, 0.2) is 0 Å². The van der Waals surface area contributed by atoms with Gasteiger partial charge in [0.2, 0.25) is 5.24 Å². The Morgan fingerprint density at radius 3 is 2.43 bits per heavy atom. The van der Waals surface area contributed by atoms with Crippen molar-refractivity contribution in [3.05, 3.63) is 0 Å². The van der Waals surface area contributed by atoms with Crippen LogP contribution in [0.3, 0.4) is 0 Å². The van der Waals surface area contributed by atoms with E-state index in [1.54, 1.807) is 0 Å². The molecule has 0 aromatic heterocycles. The summed E-state index contributed by atoms with van der Waals surface area (Å²) in [6.07, 6.45) is -4.15. The topological polar surface area (TPSA) is 17.1 Å². The fraction of sp³-hybridized carbons (Fsp3) is 0.875. The van der Waals surface area contributed by atoms with Crippen LogP contribution in [0.15, 0.2) is 0 Å². The first-order valence-electron chi connectivity index (χ1n) is 4.21. The van der Waals surface area contributed by atoms with Crippen LogP contribution >= 0.6 is 23.2 Å². The largest absolute Gasteiger partial charge is 0.391 e. The lowest BCUT2D eigenvalue weighted by atomic mass is 9.81. The van der Waals surface area contributed by atoms with Crippen molar-refractivity contribution < 1.29 is 18.0 Å². The van der Waals surface area contributed by atoms with Gasteiger partial charge in [0.1, 0.15) is 4.87 Å². The zero-order chi connectivity index (χ0) is 11.0. The number of alkyl halides is 4. The SMILES string of the molecule is O=C(Cl)C1(Cl)CCCC(C(F)(F)F)C1. The van der Waals surface area contributed by atoms with Crippen LogP contribution in [0.25, 0.3) is 0 Å². The summed E-state index contributed by atoms with van der Waals surface area (Å²) < 4.78 is 37.0. The molecule has 0 saturated heterocycles. The normalized spacial score (nSPS) is 34.2. The lowest BCUT2D eigenvalue weighted by molar-refractivity contribution is -0.184. The molecule has 0 amide bonds. The van der Waals surface area contributed by atoms with Gasteiger partial charge in [-0.25, -0.2) is 0 Å². The molecule has 0 bridgehead atoms. The van der Waals surface area contributed by atoms with Crippen molar-refractivity contribution in [2.75, 3.05) is 0 Å². The van der Waals surface area contributed by atoms with Gasteiger partial charge in [0.05, 0.1) is 5.92 Å². The van der Waals surface area contributed by atoms with E-state index in [1.165, 1.54) is 0 Å². The Morgan fingerprint density at radius 1 is 1.43 bits per heavy atom. The summed E-state index contributed by atoms with van der Waals surface area (Å²) in [6, 6.07) is 0. The smallest absolute Gasteiger partial charge is 0.279 e. The van der Waals surface area contributed by atoms with Gasteiger partial charge in [-0.3, -0.25) is 4.79 Å². The second kappa shape index (κ2) is 3.89. The summed E-state index contributed by atoms with van der Waals surface area (Å²) in [7, 11) is 0. The van der Waals surface area contributed by atoms with Crippen molar-refractivity contribution in [2.45, 2.75) is 36.7 Å². The van der Waals surface area contributed by atoms with Crippen molar-refractivity contribution in [2.24, 2.45) is 5.92 Å². The fourth-order valence-electron chi connectivity index (χ4n) is 1.68. The lowest BCUT2D eigenvalue weighted by Crippen LogP contribution is -2.40. The van der Waals surface area contributed by atoms with Crippen LogP contribution < -0.4 is 0 Å². The Bertz CT molecular complexity index is 241. The zero-order valence-electron chi connectivity index (χ0n) is 7.20. The molecule has 6 heteroatoms. The summed E-state index contributed by atoms with van der Waals surface area (Å²) in [5, 5.41) is -0.881. The Labute approximate surface area is 89.6 Å². The van der Waals surface area contributed by atoms with Gasteiger partial charge in [0, 0.05) is 0 Å². The fourth-order valence-corrected chi connectivity index (χ4v) is 2.17. The van der Waals surface area contributed by atoms with Crippen molar-refractivity contribution in [1.82, 2.24) is 0 Å². The molecular formula is C8H9Cl2F3O. The highest BCUT2D eigenvalue weighted by Crippen LogP contribution is 2.45. The van der Waals surface area contributed by atoms with Gasteiger partial charge in [-0.1, -0.05) is 6.42 Å². The molecule has 82 valence electrons. The maximum atomic E-state index is 12.3. The van der Waals surface area contributed by atoms with Crippen LogP contribution in [0.1, 0.15) is 25.7 Å². The molecule has 14 heavy (non-hydrogen) atoms. The highest BCUT2D eigenvalue weighted by atomic mass is 35.5. The monoisotopic (exact) mass is 248 g/mol. The van der Waals surface area contributed by atoms with Crippen molar-refractivity contribution in [3.8, 4) is 0 Å². The van der Waals surface area contributed by atoms with Crippen LogP contribution in [-0.4, -0.2) is 16.3 Å². The molecule has 0 aromatic carbocycles. The third kappa shape index (κ3) is 2.54. The number of halogens is 5. The minimum atomic E-state index is -4.28. The second-order valence-electron chi connectivity index (χ2n) is 3.57. The first-order chi connectivity index (χ1) is 6.26.